The molecule has 0 aliphatic carbocycles. The quantitative estimate of drug-likeness (QED) is 0.771. The Morgan fingerprint density at radius 2 is 2.16 bits per heavy atom. The van der Waals surface area contributed by atoms with Gasteiger partial charge >= 0.3 is 0 Å². The first-order chi connectivity index (χ1) is 9.02. The van der Waals surface area contributed by atoms with Gasteiger partial charge in [0.15, 0.2) is 0 Å². The minimum absolute atomic E-state index is 0.0189. The van der Waals surface area contributed by atoms with E-state index in [1.54, 1.807) is 11.9 Å². The molecule has 0 saturated heterocycles. The van der Waals surface area contributed by atoms with Gasteiger partial charge in [-0.2, -0.15) is 5.26 Å². The van der Waals surface area contributed by atoms with Crippen molar-refractivity contribution in [3.8, 4) is 6.07 Å². The van der Waals surface area contributed by atoms with Crippen molar-refractivity contribution >= 4 is 5.91 Å². The maximum absolute atomic E-state index is 11.9. The van der Waals surface area contributed by atoms with Crippen LogP contribution in [0, 0.1) is 18.3 Å². The highest BCUT2D eigenvalue weighted by Gasteiger charge is 2.12. The van der Waals surface area contributed by atoms with Gasteiger partial charge < -0.3 is 4.90 Å². The number of likely N-dealkylation sites (N-methyl/N-ethyl adjacent to an activating group) is 2. The third-order valence-electron chi connectivity index (χ3n) is 2.77. The molecule has 0 atom stereocenters. The van der Waals surface area contributed by atoms with Crippen LogP contribution in [0.5, 0.6) is 0 Å². The first-order valence-corrected chi connectivity index (χ1v) is 6.25. The molecular formula is C14H20N4O. The summed E-state index contributed by atoms with van der Waals surface area (Å²) in [5.41, 5.74) is 1.93. The van der Waals surface area contributed by atoms with Crippen molar-refractivity contribution in [1.82, 2.24) is 14.8 Å². The zero-order valence-corrected chi connectivity index (χ0v) is 11.8. The minimum Gasteiger partial charge on any atom is -0.344 e. The number of aryl methyl sites for hydroxylation is 1. The summed E-state index contributed by atoms with van der Waals surface area (Å²) in [7, 11) is 3.61. The summed E-state index contributed by atoms with van der Waals surface area (Å²) < 4.78 is 0. The maximum Gasteiger partial charge on any atom is 0.236 e. The van der Waals surface area contributed by atoms with Gasteiger partial charge in [0, 0.05) is 25.8 Å². The monoisotopic (exact) mass is 260 g/mol. The summed E-state index contributed by atoms with van der Waals surface area (Å²) in [5, 5.41) is 8.49. The summed E-state index contributed by atoms with van der Waals surface area (Å²) in [4.78, 5) is 19.8. The second-order valence-corrected chi connectivity index (χ2v) is 4.67. The Labute approximate surface area is 114 Å². The van der Waals surface area contributed by atoms with E-state index >= 15 is 0 Å². The molecule has 0 saturated carbocycles. The van der Waals surface area contributed by atoms with E-state index < -0.39 is 0 Å². The molecule has 5 heteroatoms. The van der Waals surface area contributed by atoms with E-state index in [0.29, 0.717) is 26.1 Å². The Morgan fingerprint density at radius 1 is 1.42 bits per heavy atom. The van der Waals surface area contributed by atoms with Crippen LogP contribution in [0.25, 0.3) is 0 Å². The van der Waals surface area contributed by atoms with Crippen LogP contribution < -0.4 is 0 Å². The highest BCUT2D eigenvalue weighted by atomic mass is 16.2. The first-order valence-electron chi connectivity index (χ1n) is 6.25. The van der Waals surface area contributed by atoms with Crippen LogP contribution >= 0.6 is 0 Å². The lowest BCUT2D eigenvalue weighted by molar-refractivity contribution is -0.130. The number of amides is 1. The van der Waals surface area contributed by atoms with Crippen molar-refractivity contribution in [3.05, 3.63) is 29.6 Å². The van der Waals surface area contributed by atoms with Gasteiger partial charge in [0.2, 0.25) is 5.91 Å². The van der Waals surface area contributed by atoms with E-state index in [1.807, 2.05) is 43.1 Å². The molecule has 0 spiro atoms. The molecule has 102 valence electrons. The van der Waals surface area contributed by atoms with E-state index in [9.17, 15) is 4.79 Å². The Hall–Kier alpha value is -1.93. The SMILES string of the molecule is Cc1cccc(CN(C)CC(=O)N(C)CCC#N)n1. The molecular weight excluding hydrogens is 240 g/mol. The second kappa shape index (κ2) is 7.49. The summed E-state index contributed by atoms with van der Waals surface area (Å²) in [6, 6.07) is 7.90. The van der Waals surface area contributed by atoms with E-state index in [2.05, 4.69) is 4.98 Å². The Bertz CT molecular complexity index is 467. The van der Waals surface area contributed by atoms with Crippen LogP contribution in [0.15, 0.2) is 18.2 Å². The van der Waals surface area contributed by atoms with Crippen molar-refractivity contribution in [2.24, 2.45) is 0 Å². The molecule has 1 amide bonds. The molecule has 0 fully saturated rings. The second-order valence-electron chi connectivity index (χ2n) is 4.67. The summed E-state index contributed by atoms with van der Waals surface area (Å²) in [6.45, 7) is 3.40. The van der Waals surface area contributed by atoms with Crippen LogP contribution in [0.1, 0.15) is 17.8 Å². The topological polar surface area (TPSA) is 60.2 Å². The van der Waals surface area contributed by atoms with Gasteiger partial charge in [0.25, 0.3) is 0 Å². The molecule has 1 aromatic rings. The molecule has 0 unspecified atom stereocenters. The van der Waals surface area contributed by atoms with Crippen LogP contribution in [0.2, 0.25) is 0 Å². The minimum atomic E-state index is 0.0189. The molecule has 1 heterocycles. The number of carbonyl (C=O) groups excluding carboxylic acids is 1. The van der Waals surface area contributed by atoms with E-state index in [1.165, 1.54) is 0 Å². The molecule has 0 N–H and O–H groups in total. The normalized spacial score (nSPS) is 10.3. The fraction of sp³-hybridized carbons (Fsp3) is 0.500. The fourth-order valence-corrected chi connectivity index (χ4v) is 1.71. The number of carbonyl (C=O) groups is 1. The summed E-state index contributed by atoms with van der Waals surface area (Å²) >= 11 is 0. The van der Waals surface area contributed by atoms with Crippen LogP contribution in [-0.4, -0.2) is 47.9 Å². The van der Waals surface area contributed by atoms with Gasteiger partial charge in [-0.1, -0.05) is 6.07 Å². The molecule has 0 aliphatic rings. The van der Waals surface area contributed by atoms with Crippen molar-refractivity contribution < 1.29 is 4.79 Å². The zero-order chi connectivity index (χ0) is 14.3. The lowest BCUT2D eigenvalue weighted by atomic mass is 10.3. The van der Waals surface area contributed by atoms with Gasteiger partial charge in [0.05, 0.1) is 24.7 Å². The van der Waals surface area contributed by atoms with Gasteiger partial charge in [0.1, 0.15) is 0 Å². The number of nitriles is 1. The predicted molar refractivity (Wildman–Crippen MR) is 73.2 cm³/mol. The van der Waals surface area contributed by atoms with E-state index in [4.69, 9.17) is 5.26 Å². The highest BCUT2D eigenvalue weighted by molar-refractivity contribution is 5.77. The lowest BCUT2D eigenvalue weighted by Crippen LogP contribution is -2.36. The maximum atomic E-state index is 11.9. The molecule has 0 aromatic carbocycles. The third-order valence-corrected chi connectivity index (χ3v) is 2.77. The number of rotatable bonds is 6. The smallest absolute Gasteiger partial charge is 0.236 e. The molecule has 0 aliphatic heterocycles. The van der Waals surface area contributed by atoms with E-state index in [0.717, 1.165) is 11.4 Å². The molecule has 5 nitrogen and oxygen atoms in total. The number of aromatic nitrogens is 1. The molecule has 19 heavy (non-hydrogen) atoms. The Kier molecular flexibility index (Phi) is 5.97. The summed E-state index contributed by atoms with van der Waals surface area (Å²) in [6.07, 6.45) is 0.366. The predicted octanol–water partition coefficient (Wildman–Crippen LogP) is 1.19. The Balaban J connectivity index is 2.44. The van der Waals surface area contributed by atoms with Crippen LogP contribution in [0.3, 0.4) is 0 Å². The molecule has 1 rings (SSSR count). The molecule has 0 radical (unpaired) electrons. The number of nitrogens with zero attached hydrogens (tertiary/aromatic N) is 4. The van der Waals surface area contributed by atoms with Gasteiger partial charge in [-0.25, -0.2) is 0 Å². The first kappa shape index (κ1) is 15.1. The third kappa shape index (κ3) is 5.49. The van der Waals surface area contributed by atoms with E-state index in [-0.39, 0.29) is 5.91 Å². The average Bonchev–Trinajstić information content (AvgIpc) is 2.35. The molecule has 0 bridgehead atoms. The molecule has 1 aromatic heterocycles. The zero-order valence-electron chi connectivity index (χ0n) is 11.8. The van der Waals surface area contributed by atoms with Crippen molar-refractivity contribution in [2.45, 2.75) is 19.9 Å². The summed E-state index contributed by atoms with van der Waals surface area (Å²) in [5.74, 6) is 0.0189. The average molecular weight is 260 g/mol. The number of hydrogen-bond acceptors (Lipinski definition) is 4. The largest absolute Gasteiger partial charge is 0.344 e. The number of pyridine rings is 1. The van der Waals surface area contributed by atoms with Gasteiger partial charge in [-0.15, -0.1) is 0 Å². The van der Waals surface area contributed by atoms with Crippen molar-refractivity contribution in [2.75, 3.05) is 27.2 Å². The highest BCUT2D eigenvalue weighted by Crippen LogP contribution is 2.02. The van der Waals surface area contributed by atoms with Gasteiger partial charge in [-0.05, 0) is 26.1 Å². The number of hydrogen-bond donors (Lipinski definition) is 0. The lowest BCUT2D eigenvalue weighted by Gasteiger charge is -2.21. The Morgan fingerprint density at radius 3 is 2.79 bits per heavy atom. The van der Waals surface area contributed by atoms with Crippen LogP contribution in [0.4, 0.5) is 0 Å². The van der Waals surface area contributed by atoms with Crippen molar-refractivity contribution in [3.63, 3.8) is 0 Å². The standard InChI is InChI=1S/C14H20N4O/c1-12-6-4-7-13(16-12)10-17(2)11-14(19)18(3)9-5-8-15/h4,6-7H,5,9-11H2,1-3H3. The van der Waals surface area contributed by atoms with Crippen molar-refractivity contribution in [1.29, 1.82) is 5.26 Å². The fourth-order valence-electron chi connectivity index (χ4n) is 1.71. The van der Waals surface area contributed by atoms with Crippen LogP contribution in [-0.2, 0) is 11.3 Å². The van der Waals surface area contributed by atoms with Gasteiger partial charge in [-0.3, -0.25) is 14.7 Å².